The third-order valence-electron chi connectivity index (χ3n) is 2.94. The number of alkyl halides is 1. The Kier molecular flexibility index (Phi) is 5.26. The van der Waals surface area contributed by atoms with Gasteiger partial charge in [-0.05, 0) is 26.2 Å². The SMILES string of the molecule is CC(C)CCC(=O)N1CC(CCl)OC(C)(C)C1. The highest BCUT2D eigenvalue weighted by molar-refractivity contribution is 6.18. The quantitative estimate of drug-likeness (QED) is 0.729. The first-order valence-electron chi connectivity index (χ1n) is 6.35. The second-order valence-electron chi connectivity index (χ2n) is 5.86. The number of morpholine rings is 1. The molecular weight excluding hydrogens is 238 g/mol. The molecule has 3 nitrogen and oxygen atoms in total. The molecule has 17 heavy (non-hydrogen) atoms. The second-order valence-corrected chi connectivity index (χ2v) is 6.17. The van der Waals surface area contributed by atoms with E-state index in [0.717, 1.165) is 6.42 Å². The van der Waals surface area contributed by atoms with Crippen LogP contribution in [-0.4, -0.2) is 41.5 Å². The van der Waals surface area contributed by atoms with Crippen molar-refractivity contribution in [1.29, 1.82) is 0 Å². The zero-order chi connectivity index (χ0) is 13.1. The number of hydrogen-bond donors (Lipinski definition) is 0. The van der Waals surface area contributed by atoms with Gasteiger partial charge in [0.15, 0.2) is 0 Å². The molecule has 0 aromatic carbocycles. The first-order valence-corrected chi connectivity index (χ1v) is 6.89. The van der Waals surface area contributed by atoms with Gasteiger partial charge in [-0.2, -0.15) is 0 Å². The molecule has 0 spiro atoms. The first kappa shape index (κ1) is 14.8. The highest BCUT2D eigenvalue weighted by Crippen LogP contribution is 2.22. The van der Waals surface area contributed by atoms with Crippen LogP contribution in [0.1, 0.15) is 40.5 Å². The smallest absolute Gasteiger partial charge is 0.222 e. The van der Waals surface area contributed by atoms with Gasteiger partial charge >= 0.3 is 0 Å². The molecule has 0 saturated carbocycles. The molecular formula is C13H24ClNO2. The maximum Gasteiger partial charge on any atom is 0.222 e. The molecule has 1 aliphatic rings. The monoisotopic (exact) mass is 261 g/mol. The van der Waals surface area contributed by atoms with Crippen LogP contribution in [0.4, 0.5) is 0 Å². The van der Waals surface area contributed by atoms with Crippen molar-refractivity contribution >= 4 is 17.5 Å². The lowest BCUT2D eigenvalue weighted by Crippen LogP contribution is -2.55. The number of rotatable bonds is 4. The number of carbonyl (C=O) groups excluding carboxylic acids is 1. The molecule has 0 radical (unpaired) electrons. The zero-order valence-corrected chi connectivity index (χ0v) is 12.1. The average molecular weight is 262 g/mol. The molecule has 0 bridgehead atoms. The molecule has 1 fully saturated rings. The number of ether oxygens (including phenoxy) is 1. The fraction of sp³-hybridized carbons (Fsp3) is 0.923. The fourth-order valence-electron chi connectivity index (χ4n) is 2.14. The Labute approximate surface area is 109 Å². The Morgan fingerprint density at radius 1 is 1.53 bits per heavy atom. The number of nitrogens with zero attached hydrogens (tertiary/aromatic N) is 1. The van der Waals surface area contributed by atoms with E-state index in [1.54, 1.807) is 0 Å². The molecule has 1 heterocycles. The summed E-state index contributed by atoms with van der Waals surface area (Å²) in [6.07, 6.45) is 1.54. The van der Waals surface area contributed by atoms with E-state index in [0.29, 0.717) is 31.3 Å². The van der Waals surface area contributed by atoms with Crippen LogP contribution >= 0.6 is 11.6 Å². The summed E-state index contributed by atoms with van der Waals surface area (Å²) < 4.78 is 5.80. The van der Waals surface area contributed by atoms with Gasteiger partial charge in [-0.3, -0.25) is 4.79 Å². The summed E-state index contributed by atoms with van der Waals surface area (Å²) in [5, 5.41) is 0. The van der Waals surface area contributed by atoms with Crippen molar-refractivity contribution in [3.63, 3.8) is 0 Å². The van der Waals surface area contributed by atoms with E-state index in [9.17, 15) is 4.79 Å². The summed E-state index contributed by atoms with van der Waals surface area (Å²) in [6.45, 7) is 9.58. The average Bonchev–Trinajstić information content (AvgIpc) is 2.23. The van der Waals surface area contributed by atoms with Crippen molar-refractivity contribution in [3.05, 3.63) is 0 Å². The van der Waals surface area contributed by atoms with Gasteiger partial charge in [0.25, 0.3) is 0 Å². The van der Waals surface area contributed by atoms with Crippen molar-refractivity contribution in [1.82, 2.24) is 4.90 Å². The van der Waals surface area contributed by atoms with Crippen LogP contribution in [0.25, 0.3) is 0 Å². The molecule has 1 saturated heterocycles. The number of amides is 1. The molecule has 0 aliphatic carbocycles. The molecule has 0 N–H and O–H groups in total. The Hall–Kier alpha value is -0.280. The van der Waals surface area contributed by atoms with E-state index >= 15 is 0 Å². The van der Waals surface area contributed by atoms with Gasteiger partial charge in [0, 0.05) is 19.5 Å². The lowest BCUT2D eigenvalue weighted by Gasteiger charge is -2.42. The lowest BCUT2D eigenvalue weighted by molar-refractivity contribution is -0.157. The maximum atomic E-state index is 12.1. The standard InChI is InChI=1S/C13H24ClNO2/c1-10(2)5-6-12(16)15-8-11(7-14)17-13(3,4)9-15/h10-11H,5-9H2,1-4H3. The van der Waals surface area contributed by atoms with Gasteiger partial charge in [0.2, 0.25) is 5.91 Å². The fourth-order valence-corrected chi connectivity index (χ4v) is 2.30. The van der Waals surface area contributed by atoms with Gasteiger partial charge in [0.05, 0.1) is 17.6 Å². The van der Waals surface area contributed by atoms with Gasteiger partial charge in [-0.15, -0.1) is 11.6 Å². The second kappa shape index (κ2) is 6.05. The molecule has 100 valence electrons. The highest BCUT2D eigenvalue weighted by Gasteiger charge is 2.34. The van der Waals surface area contributed by atoms with E-state index < -0.39 is 0 Å². The largest absolute Gasteiger partial charge is 0.367 e. The van der Waals surface area contributed by atoms with Crippen LogP contribution in [0.3, 0.4) is 0 Å². The summed E-state index contributed by atoms with van der Waals surface area (Å²) in [5.41, 5.74) is -0.286. The molecule has 1 rings (SSSR count). The summed E-state index contributed by atoms with van der Waals surface area (Å²) in [6, 6.07) is 0. The maximum absolute atomic E-state index is 12.1. The minimum atomic E-state index is -0.286. The van der Waals surface area contributed by atoms with Crippen LogP contribution in [0, 0.1) is 5.92 Å². The van der Waals surface area contributed by atoms with Crippen LogP contribution in [0.5, 0.6) is 0 Å². The Bertz CT molecular complexity index is 266. The Balaban J connectivity index is 2.54. The first-order chi connectivity index (χ1) is 7.84. The van der Waals surface area contributed by atoms with E-state index in [4.69, 9.17) is 16.3 Å². The van der Waals surface area contributed by atoms with Crippen molar-refractivity contribution < 1.29 is 9.53 Å². The van der Waals surface area contributed by atoms with E-state index in [1.807, 2.05) is 18.7 Å². The summed E-state index contributed by atoms with van der Waals surface area (Å²) in [7, 11) is 0. The van der Waals surface area contributed by atoms with E-state index in [2.05, 4.69) is 13.8 Å². The number of hydrogen-bond acceptors (Lipinski definition) is 2. The molecule has 1 unspecified atom stereocenters. The van der Waals surface area contributed by atoms with Gasteiger partial charge < -0.3 is 9.64 Å². The molecule has 1 amide bonds. The number of halogens is 1. The van der Waals surface area contributed by atoms with Crippen molar-refractivity contribution in [2.75, 3.05) is 19.0 Å². The predicted octanol–water partition coefficient (Wildman–Crippen LogP) is 2.67. The van der Waals surface area contributed by atoms with Crippen LogP contribution in [-0.2, 0) is 9.53 Å². The predicted molar refractivity (Wildman–Crippen MR) is 70.3 cm³/mol. The summed E-state index contributed by atoms with van der Waals surface area (Å²) in [4.78, 5) is 14.0. The molecule has 1 atom stereocenters. The Morgan fingerprint density at radius 2 is 2.18 bits per heavy atom. The van der Waals surface area contributed by atoms with Gasteiger partial charge in [-0.25, -0.2) is 0 Å². The van der Waals surface area contributed by atoms with Gasteiger partial charge in [0.1, 0.15) is 0 Å². The molecule has 0 aromatic rings. The topological polar surface area (TPSA) is 29.5 Å². The van der Waals surface area contributed by atoms with Crippen LogP contribution < -0.4 is 0 Å². The van der Waals surface area contributed by atoms with E-state index in [-0.39, 0.29) is 17.6 Å². The van der Waals surface area contributed by atoms with E-state index in [1.165, 1.54) is 0 Å². The van der Waals surface area contributed by atoms with Crippen molar-refractivity contribution in [2.45, 2.75) is 52.2 Å². The van der Waals surface area contributed by atoms with Crippen LogP contribution in [0.2, 0.25) is 0 Å². The normalized spacial score (nSPS) is 24.1. The van der Waals surface area contributed by atoms with Crippen molar-refractivity contribution in [3.8, 4) is 0 Å². The number of carbonyl (C=O) groups is 1. The van der Waals surface area contributed by atoms with Crippen LogP contribution in [0.15, 0.2) is 0 Å². The van der Waals surface area contributed by atoms with Crippen molar-refractivity contribution in [2.24, 2.45) is 5.92 Å². The van der Waals surface area contributed by atoms with Gasteiger partial charge in [-0.1, -0.05) is 13.8 Å². The summed E-state index contributed by atoms with van der Waals surface area (Å²) >= 11 is 5.84. The summed E-state index contributed by atoms with van der Waals surface area (Å²) in [5.74, 6) is 1.24. The third-order valence-corrected chi connectivity index (χ3v) is 3.29. The molecule has 4 heteroatoms. The molecule has 1 aliphatic heterocycles. The third kappa shape index (κ3) is 4.84. The molecule has 0 aromatic heterocycles. The zero-order valence-electron chi connectivity index (χ0n) is 11.3. The highest BCUT2D eigenvalue weighted by atomic mass is 35.5. The minimum absolute atomic E-state index is 0.0385. The lowest BCUT2D eigenvalue weighted by atomic mass is 10.0. The Morgan fingerprint density at radius 3 is 2.71 bits per heavy atom. The minimum Gasteiger partial charge on any atom is -0.367 e.